The van der Waals surface area contributed by atoms with Crippen LogP contribution in [0, 0.1) is 11.3 Å². The Bertz CT molecular complexity index is 381. The molecule has 98 valence electrons. The van der Waals surface area contributed by atoms with E-state index in [1.165, 1.54) is 5.56 Å². The number of hydrogen-bond donors (Lipinski definition) is 1. The van der Waals surface area contributed by atoms with E-state index in [9.17, 15) is 0 Å². The smallest absolute Gasteiger partial charge is 0.174 e. The van der Waals surface area contributed by atoms with E-state index in [4.69, 9.17) is 10.00 Å². The third-order valence-corrected chi connectivity index (χ3v) is 2.52. The molecule has 0 fully saturated rings. The highest BCUT2D eigenvalue weighted by Crippen LogP contribution is 2.11. The number of hydrogen-bond acceptors (Lipinski definition) is 4. The van der Waals surface area contributed by atoms with Gasteiger partial charge in [0.05, 0.1) is 0 Å². The molecule has 0 saturated carbocycles. The van der Waals surface area contributed by atoms with E-state index in [2.05, 4.69) is 31.2 Å². The SMILES string of the molecule is CC(CN(C)C)NCc1ccc(OCC#N)cc1. The molecular formula is C14H21N3O. The number of likely N-dealkylation sites (N-methyl/N-ethyl adjacent to an activating group) is 1. The van der Waals surface area contributed by atoms with Crippen LogP contribution in [-0.4, -0.2) is 38.2 Å². The fourth-order valence-electron chi connectivity index (χ4n) is 1.72. The predicted octanol–water partition coefficient (Wildman–Crippen LogP) is 1.63. The molecule has 18 heavy (non-hydrogen) atoms. The first-order valence-electron chi connectivity index (χ1n) is 6.08. The van der Waals surface area contributed by atoms with Crippen LogP contribution in [0.2, 0.25) is 0 Å². The molecule has 1 rings (SSSR count). The molecule has 0 aliphatic rings. The highest BCUT2D eigenvalue weighted by molar-refractivity contribution is 5.27. The maximum absolute atomic E-state index is 8.41. The maximum Gasteiger partial charge on any atom is 0.174 e. The first kappa shape index (κ1) is 14.5. The molecule has 1 aromatic carbocycles. The van der Waals surface area contributed by atoms with Crippen LogP contribution >= 0.6 is 0 Å². The van der Waals surface area contributed by atoms with E-state index >= 15 is 0 Å². The summed E-state index contributed by atoms with van der Waals surface area (Å²) in [6.07, 6.45) is 0. The summed E-state index contributed by atoms with van der Waals surface area (Å²) in [5, 5.41) is 11.9. The molecule has 0 bridgehead atoms. The molecule has 1 aromatic rings. The van der Waals surface area contributed by atoms with Crippen LogP contribution in [0.1, 0.15) is 12.5 Å². The van der Waals surface area contributed by atoms with Crippen molar-refractivity contribution in [1.82, 2.24) is 10.2 Å². The zero-order valence-electron chi connectivity index (χ0n) is 11.3. The molecular weight excluding hydrogens is 226 g/mol. The number of nitriles is 1. The average Bonchev–Trinajstić information content (AvgIpc) is 2.34. The summed E-state index contributed by atoms with van der Waals surface area (Å²) >= 11 is 0. The van der Waals surface area contributed by atoms with Crippen molar-refractivity contribution in [1.29, 1.82) is 5.26 Å². The van der Waals surface area contributed by atoms with Gasteiger partial charge < -0.3 is 15.0 Å². The first-order valence-corrected chi connectivity index (χ1v) is 6.08. The van der Waals surface area contributed by atoms with Crippen LogP contribution in [0.3, 0.4) is 0 Å². The Morgan fingerprint density at radius 3 is 2.56 bits per heavy atom. The quantitative estimate of drug-likeness (QED) is 0.795. The fourth-order valence-corrected chi connectivity index (χ4v) is 1.72. The molecule has 4 nitrogen and oxygen atoms in total. The lowest BCUT2D eigenvalue weighted by Gasteiger charge is -2.18. The van der Waals surface area contributed by atoms with Gasteiger partial charge >= 0.3 is 0 Å². The molecule has 0 saturated heterocycles. The molecule has 0 aliphatic carbocycles. The van der Waals surface area contributed by atoms with Crippen LogP contribution < -0.4 is 10.1 Å². The van der Waals surface area contributed by atoms with E-state index in [1.807, 2.05) is 30.3 Å². The number of nitrogens with one attached hydrogen (secondary N) is 1. The van der Waals surface area contributed by atoms with Crippen molar-refractivity contribution in [2.45, 2.75) is 19.5 Å². The standard InChI is InChI=1S/C14H21N3O/c1-12(11-17(2)3)16-10-13-4-6-14(7-5-13)18-9-8-15/h4-7,12,16H,9-11H2,1-3H3. The molecule has 0 aromatic heterocycles. The van der Waals surface area contributed by atoms with Crippen molar-refractivity contribution in [3.05, 3.63) is 29.8 Å². The molecule has 0 heterocycles. The Hall–Kier alpha value is -1.57. The second-order valence-electron chi connectivity index (χ2n) is 4.63. The van der Waals surface area contributed by atoms with Crippen molar-refractivity contribution in [3.8, 4) is 11.8 Å². The van der Waals surface area contributed by atoms with E-state index < -0.39 is 0 Å². The molecule has 0 amide bonds. The summed E-state index contributed by atoms with van der Waals surface area (Å²) in [5.41, 5.74) is 1.21. The highest BCUT2D eigenvalue weighted by Gasteiger charge is 2.02. The van der Waals surface area contributed by atoms with Gasteiger partial charge in [0, 0.05) is 19.1 Å². The number of rotatable bonds is 7. The van der Waals surface area contributed by atoms with E-state index in [-0.39, 0.29) is 6.61 Å². The van der Waals surface area contributed by atoms with Crippen molar-refractivity contribution >= 4 is 0 Å². The van der Waals surface area contributed by atoms with Crippen molar-refractivity contribution in [2.75, 3.05) is 27.2 Å². The lowest BCUT2D eigenvalue weighted by molar-refractivity contribution is 0.349. The van der Waals surface area contributed by atoms with Gasteiger partial charge in [-0.05, 0) is 38.7 Å². The second kappa shape index (κ2) is 7.70. The number of nitrogens with zero attached hydrogens (tertiary/aromatic N) is 2. The molecule has 4 heteroatoms. The molecule has 1 unspecified atom stereocenters. The highest BCUT2D eigenvalue weighted by atomic mass is 16.5. The van der Waals surface area contributed by atoms with Crippen LogP contribution in [0.4, 0.5) is 0 Å². The summed E-state index contributed by atoms with van der Waals surface area (Å²) in [4.78, 5) is 2.16. The van der Waals surface area contributed by atoms with E-state index in [1.54, 1.807) is 0 Å². The first-order chi connectivity index (χ1) is 8.61. The minimum Gasteiger partial charge on any atom is -0.479 e. The molecule has 0 aliphatic heterocycles. The van der Waals surface area contributed by atoms with Gasteiger partial charge in [-0.15, -0.1) is 0 Å². The Kier molecular flexibility index (Phi) is 6.20. The van der Waals surface area contributed by atoms with Crippen molar-refractivity contribution in [2.24, 2.45) is 0 Å². The number of ether oxygens (including phenoxy) is 1. The third-order valence-electron chi connectivity index (χ3n) is 2.52. The Balaban J connectivity index is 2.37. The summed E-state index contributed by atoms with van der Waals surface area (Å²) in [5.74, 6) is 0.738. The fraction of sp³-hybridized carbons (Fsp3) is 0.500. The van der Waals surface area contributed by atoms with Gasteiger partial charge in [-0.25, -0.2) is 0 Å². The Morgan fingerprint density at radius 1 is 1.33 bits per heavy atom. The van der Waals surface area contributed by atoms with Crippen LogP contribution in [0.5, 0.6) is 5.75 Å². The molecule has 0 spiro atoms. The molecule has 1 N–H and O–H groups in total. The van der Waals surface area contributed by atoms with Crippen LogP contribution in [0.15, 0.2) is 24.3 Å². The summed E-state index contributed by atoms with van der Waals surface area (Å²) < 4.78 is 5.20. The van der Waals surface area contributed by atoms with E-state index in [0.29, 0.717) is 6.04 Å². The third kappa shape index (κ3) is 5.67. The maximum atomic E-state index is 8.41. The lowest BCUT2D eigenvalue weighted by atomic mass is 10.2. The second-order valence-corrected chi connectivity index (χ2v) is 4.63. The van der Waals surface area contributed by atoms with Gasteiger partial charge in [0.2, 0.25) is 0 Å². The van der Waals surface area contributed by atoms with Gasteiger partial charge in [-0.3, -0.25) is 0 Å². The predicted molar refractivity (Wildman–Crippen MR) is 72.4 cm³/mol. The van der Waals surface area contributed by atoms with Crippen LogP contribution in [0.25, 0.3) is 0 Å². The minimum atomic E-state index is 0.0947. The molecule has 1 atom stereocenters. The van der Waals surface area contributed by atoms with Gasteiger partial charge in [-0.2, -0.15) is 5.26 Å². The Morgan fingerprint density at radius 2 is 2.00 bits per heavy atom. The van der Waals surface area contributed by atoms with Gasteiger partial charge in [0.25, 0.3) is 0 Å². The summed E-state index contributed by atoms with van der Waals surface area (Å²) in [6, 6.07) is 10.2. The monoisotopic (exact) mass is 247 g/mol. The molecule has 0 radical (unpaired) electrons. The topological polar surface area (TPSA) is 48.3 Å². The number of benzene rings is 1. The summed E-state index contributed by atoms with van der Waals surface area (Å²) in [6.45, 7) is 4.12. The zero-order chi connectivity index (χ0) is 13.4. The van der Waals surface area contributed by atoms with Crippen LogP contribution in [-0.2, 0) is 6.54 Å². The van der Waals surface area contributed by atoms with Gasteiger partial charge in [0.1, 0.15) is 11.8 Å². The average molecular weight is 247 g/mol. The van der Waals surface area contributed by atoms with Gasteiger partial charge in [-0.1, -0.05) is 12.1 Å². The largest absolute Gasteiger partial charge is 0.479 e. The van der Waals surface area contributed by atoms with E-state index in [0.717, 1.165) is 18.8 Å². The normalized spacial score (nSPS) is 12.2. The Labute approximate surface area is 109 Å². The lowest BCUT2D eigenvalue weighted by Crippen LogP contribution is -2.35. The summed E-state index contributed by atoms with van der Waals surface area (Å²) in [7, 11) is 4.14. The minimum absolute atomic E-state index is 0.0947. The van der Waals surface area contributed by atoms with Gasteiger partial charge in [0.15, 0.2) is 6.61 Å². The van der Waals surface area contributed by atoms with Crippen molar-refractivity contribution < 1.29 is 4.74 Å². The zero-order valence-corrected chi connectivity index (χ0v) is 11.3. The van der Waals surface area contributed by atoms with Crippen molar-refractivity contribution in [3.63, 3.8) is 0 Å².